The van der Waals surface area contributed by atoms with Crippen LogP contribution in [0.5, 0.6) is 0 Å². The largest absolute Gasteiger partial charge is 0.416 e. The molecule has 0 heterocycles. The zero-order valence-electron chi connectivity index (χ0n) is 8.17. The van der Waals surface area contributed by atoms with Crippen LogP contribution in [-0.2, 0) is 6.18 Å². The molecule has 0 fully saturated rings. The van der Waals surface area contributed by atoms with Gasteiger partial charge in [0, 0.05) is 0 Å². The molecule has 0 radical (unpaired) electrons. The van der Waals surface area contributed by atoms with Crippen LogP contribution in [-0.4, -0.2) is 11.2 Å². The first-order chi connectivity index (χ1) is 6.82. The molecule has 0 aliphatic heterocycles. The molecular weight excluding hydrogens is 205 g/mol. The second-order valence-electron chi connectivity index (χ2n) is 3.28. The van der Waals surface area contributed by atoms with Crippen molar-refractivity contribution in [3.05, 3.63) is 42.0 Å². The maximum Gasteiger partial charge on any atom is 0.416 e. The number of alkyl halides is 3. The molecular formula is C11H11F3O. The van der Waals surface area contributed by atoms with Crippen LogP contribution in [0.3, 0.4) is 0 Å². The molecule has 0 spiro atoms. The van der Waals surface area contributed by atoms with Crippen molar-refractivity contribution in [2.45, 2.75) is 19.2 Å². The Kier molecular flexibility index (Phi) is 3.19. The summed E-state index contributed by atoms with van der Waals surface area (Å²) in [6, 6.07) is 4.56. The van der Waals surface area contributed by atoms with Gasteiger partial charge in [0.25, 0.3) is 0 Å². The Balaban J connectivity index is 2.96. The van der Waals surface area contributed by atoms with E-state index in [-0.39, 0.29) is 0 Å². The van der Waals surface area contributed by atoms with Crippen molar-refractivity contribution in [2.24, 2.45) is 0 Å². The molecule has 0 bridgehead atoms. The summed E-state index contributed by atoms with van der Waals surface area (Å²) in [6.45, 7) is 5.10. The molecule has 1 unspecified atom stereocenters. The molecule has 1 rings (SSSR count). The van der Waals surface area contributed by atoms with Gasteiger partial charge in [0.2, 0.25) is 0 Å². The van der Waals surface area contributed by atoms with Gasteiger partial charge in [-0.2, -0.15) is 13.2 Å². The Bertz CT molecular complexity index is 349. The molecule has 0 saturated heterocycles. The van der Waals surface area contributed by atoms with E-state index in [4.69, 9.17) is 0 Å². The summed E-state index contributed by atoms with van der Waals surface area (Å²) >= 11 is 0. The molecule has 1 aromatic rings. The van der Waals surface area contributed by atoms with Crippen molar-refractivity contribution in [3.8, 4) is 0 Å². The van der Waals surface area contributed by atoms with Crippen LogP contribution in [0.1, 0.15) is 18.1 Å². The van der Waals surface area contributed by atoms with Gasteiger partial charge >= 0.3 is 6.18 Å². The summed E-state index contributed by atoms with van der Waals surface area (Å²) in [5.74, 6) is 0. The first kappa shape index (κ1) is 11.8. The van der Waals surface area contributed by atoms with Crippen LogP contribution in [0, 0.1) is 0 Å². The van der Waals surface area contributed by atoms with Gasteiger partial charge < -0.3 is 5.11 Å². The maximum absolute atomic E-state index is 12.2. The molecule has 15 heavy (non-hydrogen) atoms. The van der Waals surface area contributed by atoms with E-state index in [1.807, 2.05) is 0 Å². The van der Waals surface area contributed by atoms with Gasteiger partial charge in [-0.25, -0.2) is 0 Å². The van der Waals surface area contributed by atoms with Crippen molar-refractivity contribution in [1.29, 1.82) is 0 Å². The highest BCUT2D eigenvalue weighted by Crippen LogP contribution is 2.30. The van der Waals surface area contributed by atoms with E-state index < -0.39 is 17.8 Å². The van der Waals surface area contributed by atoms with Gasteiger partial charge in [0.05, 0.1) is 11.7 Å². The highest BCUT2D eigenvalue weighted by molar-refractivity contribution is 5.66. The monoisotopic (exact) mass is 216 g/mol. The summed E-state index contributed by atoms with van der Waals surface area (Å²) in [5.41, 5.74) is 0.214. The van der Waals surface area contributed by atoms with Gasteiger partial charge in [-0.15, -0.1) is 0 Å². The maximum atomic E-state index is 12.2. The summed E-state index contributed by atoms with van der Waals surface area (Å²) < 4.78 is 36.6. The number of hydrogen-bond donors (Lipinski definition) is 1. The summed E-state index contributed by atoms with van der Waals surface area (Å²) in [4.78, 5) is 0. The van der Waals surface area contributed by atoms with Crippen LogP contribution in [0.2, 0.25) is 0 Å². The molecule has 0 amide bonds. The fourth-order valence-electron chi connectivity index (χ4n) is 1.11. The highest BCUT2D eigenvalue weighted by atomic mass is 19.4. The third-order valence-corrected chi connectivity index (χ3v) is 2.09. The predicted octanol–water partition coefficient (Wildman–Crippen LogP) is 3.10. The highest BCUT2D eigenvalue weighted by Gasteiger charge is 2.30. The number of aliphatic hydroxyl groups is 1. The lowest BCUT2D eigenvalue weighted by Crippen LogP contribution is -2.06. The minimum Gasteiger partial charge on any atom is -0.389 e. The van der Waals surface area contributed by atoms with E-state index in [9.17, 15) is 18.3 Å². The van der Waals surface area contributed by atoms with Crippen LogP contribution >= 0.6 is 0 Å². The van der Waals surface area contributed by atoms with Gasteiger partial charge in [0.1, 0.15) is 0 Å². The Morgan fingerprint density at radius 1 is 1.27 bits per heavy atom. The van der Waals surface area contributed by atoms with Crippen LogP contribution < -0.4 is 0 Å². The van der Waals surface area contributed by atoms with E-state index in [2.05, 4.69) is 6.58 Å². The van der Waals surface area contributed by atoms with Crippen LogP contribution in [0.4, 0.5) is 13.2 Å². The van der Waals surface area contributed by atoms with E-state index >= 15 is 0 Å². The van der Waals surface area contributed by atoms with E-state index in [1.54, 1.807) is 0 Å². The molecule has 0 aliphatic carbocycles. The van der Waals surface area contributed by atoms with Gasteiger partial charge in [-0.3, -0.25) is 0 Å². The molecule has 1 aromatic carbocycles. The summed E-state index contributed by atoms with van der Waals surface area (Å²) in [6.07, 6.45) is -5.09. The molecule has 0 aromatic heterocycles. The van der Waals surface area contributed by atoms with Crippen LogP contribution in [0.25, 0.3) is 5.57 Å². The van der Waals surface area contributed by atoms with Gasteiger partial charge in [-0.1, -0.05) is 18.7 Å². The van der Waals surface area contributed by atoms with Crippen LogP contribution in [0.15, 0.2) is 30.8 Å². The fourth-order valence-corrected chi connectivity index (χ4v) is 1.11. The summed E-state index contributed by atoms with van der Waals surface area (Å²) in [7, 11) is 0. The average Bonchev–Trinajstić information content (AvgIpc) is 2.15. The Labute approximate surface area is 85.9 Å². The molecule has 0 saturated carbocycles. The Hall–Kier alpha value is -1.29. The molecule has 1 N–H and O–H groups in total. The minimum atomic E-state index is -4.33. The van der Waals surface area contributed by atoms with Crippen molar-refractivity contribution >= 4 is 5.57 Å². The average molecular weight is 216 g/mol. The van der Waals surface area contributed by atoms with Crippen molar-refractivity contribution in [1.82, 2.24) is 0 Å². The van der Waals surface area contributed by atoms with Crippen molar-refractivity contribution in [2.75, 3.05) is 0 Å². The van der Waals surface area contributed by atoms with Crippen molar-refractivity contribution in [3.63, 3.8) is 0 Å². The number of aliphatic hydroxyl groups excluding tert-OH is 1. The predicted molar refractivity (Wildman–Crippen MR) is 52.2 cm³/mol. The topological polar surface area (TPSA) is 20.2 Å². The second-order valence-corrected chi connectivity index (χ2v) is 3.28. The Morgan fingerprint density at radius 3 is 2.07 bits per heavy atom. The van der Waals surface area contributed by atoms with E-state index in [0.29, 0.717) is 11.1 Å². The third kappa shape index (κ3) is 2.83. The zero-order chi connectivity index (χ0) is 11.6. The zero-order valence-corrected chi connectivity index (χ0v) is 8.17. The lowest BCUT2D eigenvalue weighted by atomic mass is 10.0. The first-order valence-electron chi connectivity index (χ1n) is 4.37. The van der Waals surface area contributed by atoms with Gasteiger partial charge in [0.15, 0.2) is 0 Å². The molecule has 0 aliphatic rings. The van der Waals surface area contributed by atoms with E-state index in [0.717, 1.165) is 12.1 Å². The second kappa shape index (κ2) is 4.06. The first-order valence-corrected chi connectivity index (χ1v) is 4.37. The molecule has 1 nitrogen and oxygen atoms in total. The summed E-state index contributed by atoms with van der Waals surface area (Å²) in [5, 5.41) is 9.18. The SMILES string of the molecule is C=C(c1ccc(C(F)(F)F)cc1)C(C)O. The van der Waals surface area contributed by atoms with Gasteiger partial charge in [-0.05, 0) is 30.2 Å². The van der Waals surface area contributed by atoms with E-state index in [1.165, 1.54) is 19.1 Å². The molecule has 4 heteroatoms. The normalized spacial score (nSPS) is 13.7. The third-order valence-electron chi connectivity index (χ3n) is 2.09. The molecule has 1 atom stereocenters. The number of rotatable bonds is 2. The number of benzene rings is 1. The number of hydrogen-bond acceptors (Lipinski definition) is 1. The molecule has 82 valence electrons. The lowest BCUT2D eigenvalue weighted by molar-refractivity contribution is -0.137. The number of halogens is 3. The Morgan fingerprint density at radius 2 is 1.73 bits per heavy atom. The lowest BCUT2D eigenvalue weighted by Gasteiger charge is -2.10. The van der Waals surface area contributed by atoms with Crippen molar-refractivity contribution < 1.29 is 18.3 Å². The standard InChI is InChI=1S/C11H11F3O/c1-7(8(2)15)9-3-5-10(6-4-9)11(12,13)14/h3-6,8,15H,1H2,2H3. The fraction of sp³-hybridized carbons (Fsp3) is 0.273. The smallest absolute Gasteiger partial charge is 0.389 e. The minimum absolute atomic E-state index is 0.406. The quantitative estimate of drug-likeness (QED) is 0.805.